The molecule has 1 aromatic rings. The first-order chi connectivity index (χ1) is 13.0. The van der Waals surface area contributed by atoms with Gasteiger partial charge in [0, 0.05) is 12.2 Å². The minimum atomic E-state index is -0.625. The molecule has 2 N–H and O–H groups in total. The molecule has 8 heteroatoms. The summed E-state index contributed by atoms with van der Waals surface area (Å²) in [5.41, 5.74) is 1.83. The number of esters is 1. The maximum atomic E-state index is 12.5. The fourth-order valence-electron chi connectivity index (χ4n) is 2.88. The molecule has 1 aliphatic heterocycles. The first-order valence-corrected chi connectivity index (χ1v) is 9.18. The van der Waals surface area contributed by atoms with Crippen LogP contribution >= 0.6 is 0 Å². The van der Waals surface area contributed by atoms with Crippen molar-refractivity contribution in [1.29, 1.82) is 0 Å². The molecule has 2 amide bonds. The minimum Gasteiger partial charge on any atom is -0.465 e. The van der Waals surface area contributed by atoms with Gasteiger partial charge in [-0.3, -0.25) is 19.3 Å². The predicted molar refractivity (Wildman–Crippen MR) is 100 cm³/mol. The number of hydrogen-bond acceptors (Lipinski definition) is 6. The van der Waals surface area contributed by atoms with Gasteiger partial charge in [0.1, 0.15) is 12.6 Å². The summed E-state index contributed by atoms with van der Waals surface area (Å²) in [7, 11) is 0. The van der Waals surface area contributed by atoms with Crippen LogP contribution in [-0.2, 0) is 30.3 Å². The first-order valence-electron chi connectivity index (χ1n) is 9.18. The number of hydrogen-bond donors (Lipinski definition) is 2. The van der Waals surface area contributed by atoms with Gasteiger partial charge in [0.05, 0.1) is 26.4 Å². The lowest BCUT2D eigenvalue weighted by molar-refractivity contribution is -0.145. The highest BCUT2D eigenvalue weighted by molar-refractivity contribution is 5.93. The number of rotatable bonds is 8. The van der Waals surface area contributed by atoms with E-state index in [1.165, 1.54) is 0 Å². The number of ether oxygens (including phenoxy) is 2. The molecule has 0 radical (unpaired) electrons. The topological polar surface area (TPSA) is 97.0 Å². The molecule has 2 rings (SSSR count). The predicted octanol–water partition coefficient (Wildman–Crippen LogP) is 0.568. The maximum Gasteiger partial charge on any atom is 0.325 e. The standard InChI is InChI=1S/C19H27N3O5/c1-3-14-7-5-6-8-15(14)21-17(23)12-22-9-10-26-13-16(22)19(25)20-11-18(24)27-4-2/h5-8,16H,3-4,9-13H2,1-2H3,(H,20,25)(H,21,23)/t16-/m1/s1. The Balaban J connectivity index is 1.93. The first kappa shape index (κ1) is 20.9. The molecule has 1 aromatic carbocycles. The van der Waals surface area contributed by atoms with E-state index in [1.807, 2.05) is 31.2 Å². The number of nitrogens with zero attached hydrogens (tertiary/aromatic N) is 1. The van der Waals surface area contributed by atoms with E-state index in [4.69, 9.17) is 9.47 Å². The van der Waals surface area contributed by atoms with Crippen molar-refractivity contribution in [3.8, 4) is 0 Å². The summed E-state index contributed by atoms with van der Waals surface area (Å²) in [5.74, 6) is -1.05. The number of nitrogens with one attached hydrogen (secondary N) is 2. The highest BCUT2D eigenvalue weighted by Gasteiger charge is 2.31. The van der Waals surface area contributed by atoms with E-state index in [0.29, 0.717) is 13.2 Å². The number of benzene rings is 1. The van der Waals surface area contributed by atoms with E-state index < -0.39 is 12.0 Å². The minimum absolute atomic E-state index is 0.0684. The zero-order valence-corrected chi connectivity index (χ0v) is 15.8. The summed E-state index contributed by atoms with van der Waals surface area (Å²) in [4.78, 5) is 38.0. The van der Waals surface area contributed by atoms with Gasteiger partial charge in [-0.05, 0) is 25.0 Å². The Labute approximate surface area is 159 Å². The fraction of sp³-hybridized carbons (Fsp3) is 0.526. The van der Waals surface area contributed by atoms with Crippen LogP contribution in [-0.4, -0.2) is 68.2 Å². The van der Waals surface area contributed by atoms with Gasteiger partial charge in [-0.15, -0.1) is 0 Å². The van der Waals surface area contributed by atoms with Crippen LogP contribution in [0.25, 0.3) is 0 Å². The summed E-state index contributed by atoms with van der Waals surface area (Å²) in [6.45, 7) is 4.93. The fourth-order valence-corrected chi connectivity index (χ4v) is 2.88. The van der Waals surface area contributed by atoms with Gasteiger partial charge in [-0.25, -0.2) is 0 Å². The van der Waals surface area contributed by atoms with Crippen LogP contribution in [0.2, 0.25) is 0 Å². The molecule has 0 bridgehead atoms. The molecule has 1 saturated heterocycles. The van der Waals surface area contributed by atoms with Crippen molar-refractivity contribution in [2.45, 2.75) is 26.3 Å². The summed E-state index contributed by atoms with van der Waals surface area (Å²) in [5, 5.41) is 5.45. The van der Waals surface area contributed by atoms with Crippen LogP contribution in [0.3, 0.4) is 0 Å². The zero-order valence-electron chi connectivity index (χ0n) is 15.8. The highest BCUT2D eigenvalue weighted by Crippen LogP contribution is 2.16. The Morgan fingerprint density at radius 2 is 2.04 bits per heavy atom. The van der Waals surface area contributed by atoms with Crippen molar-refractivity contribution >= 4 is 23.5 Å². The van der Waals surface area contributed by atoms with Gasteiger partial charge in [-0.1, -0.05) is 25.1 Å². The Hall–Kier alpha value is -2.45. The Morgan fingerprint density at radius 1 is 1.26 bits per heavy atom. The molecular formula is C19H27N3O5. The van der Waals surface area contributed by atoms with Gasteiger partial charge < -0.3 is 20.1 Å². The molecule has 1 atom stereocenters. The Bertz CT molecular complexity index is 665. The third-order valence-electron chi connectivity index (χ3n) is 4.27. The van der Waals surface area contributed by atoms with Gasteiger partial charge in [0.15, 0.2) is 0 Å². The van der Waals surface area contributed by atoms with Crippen molar-refractivity contribution in [2.24, 2.45) is 0 Å². The average molecular weight is 377 g/mol. The smallest absolute Gasteiger partial charge is 0.325 e. The highest BCUT2D eigenvalue weighted by atomic mass is 16.5. The molecule has 1 heterocycles. The molecule has 0 aliphatic carbocycles. The van der Waals surface area contributed by atoms with Crippen LogP contribution in [0.15, 0.2) is 24.3 Å². The number of para-hydroxylation sites is 1. The van der Waals surface area contributed by atoms with Crippen molar-refractivity contribution in [3.63, 3.8) is 0 Å². The molecule has 0 unspecified atom stereocenters. The van der Waals surface area contributed by atoms with Gasteiger partial charge >= 0.3 is 5.97 Å². The average Bonchev–Trinajstić information content (AvgIpc) is 2.67. The van der Waals surface area contributed by atoms with Crippen LogP contribution < -0.4 is 10.6 Å². The Morgan fingerprint density at radius 3 is 2.78 bits per heavy atom. The number of aryl methyl sites for hydroxylation is 1. The number of amides is 2. The molecule has 148 valence electrons. The van der Waals surface area contributed by atoms with E-state index in [9.17, 15) is 14.4 Å². The molecule has 8 nitrogen and oxygen atoms in total. The summed E-state index contributed by atoms with van der Waals surface area (Å²) in [6, 6.07) is 7.01. The molecular weight excluding hydrogens is 350 g/mol. The van der Waals surface area contributed by atoms with Gasteiger partial charge in [0.2, 0.25) is 11.8 Å². The van der Waals surface area contributed by atoms with Gasteiger partial charge in [-0.2, -0.15) is 0 Å². The monoisotopic (exact) mass is 377 g/mol. The van der Waals surface area contributed by atoms with Crippen LogP contribution in [0.4, 0.5) is 5.69 Å². The van der Waals surface area contributed by atoms with Crippen molar-refractivity contribution in [3.05, 3.63) is 29.8 Å². The number of carbonyl (C=O) groups excluding carboxylic acids is 3. The maximum absolute atomic E-state index is 12.5. The lowest BCUT2D eigenvalue weighted by atomic mass is 10.1. The van der Waals surface area contributed by atoms with Crippen LogP contribution in [0.5, 0.6) is 0 Å². The van der Waals surface area contributed by atoms with Crippen molar-refractivity contribution < 1.29 is 23.9 Å². The van der Waals surface area contributed by atoms with E-state index >= 15 is 0 Å². The number of morpholine rings is 1. The Kier molecular flexibility index (Phi) is 8.22. The van der Waals surface area contributed by atoms with E-state index in [2.05, 4.69) is 10.6 Å². The van der Waals surface area contributed by atoms with E-state index in [1.54, 1.807) is 11.8 Å². The third-order valence-corrected chi connectivity index (χ3v) is 4.27. The summed E-state index contributed by atoms with van der Waals surface area (Å²) >= 11 is 0. The second-order valence-corrected chi connectivity index (χ2v) is 6.14. The van der Waals surface area contributed by atoms with E-state index in [0.717, 1.165) is 17.7 Å². The number of carbonyl (C=O) groups is 3. The third kappa shape index (κ3) is 6.33. The van der Waals surface area contributed by atoms with Crippen LogP contribution in [0, 0.1) is 0 Å². The summed E-state index contributed by atoms with van der Waals surface area (Å²) < 4.78 is 10.2. The zero-order chi connectivity index (χ0) is 19.6. The van der Waals surface area contributed by atoms with Crippen molar-refractivity contribution in [1.82, 2.24) is 10.2 Å². The second kappa shape index (κ2) is 10.6. The second-order valence-electron chi connectivity index (χ2n) is 6.14. The molecule has 0 saturated carbocycles. The number of anilines is 1. The molecule has 1 aliphatic rings. The van der Waals surface area contributed by atoms with Crippen LogP contribution in [0.1, 0.15) is 19.4 Å². The quantitative estimate of drug-likeness (QED) is 0.643. The largest absolute Gasteiger partial charge is 0.465 e. The molecule has 1 fully saturated rings. The van der Waals surface area contributed by atoms with Crippen molar-refractivity contribution in [2.75, 3.05) is 44.8 Å². The molecule has 0 aromatic heterocycles. The molecule has 27 heavy (non-hydrogen) atoms. The lowest BCUT2D eigenvalue weighted by Gasteiger charge is -2.33. The van der Waals surface area contributed by atoms with Gasteiger partial charge in [0.25, 0.3) is 0 Å². The molecule has 0 spiro atoms. The van der Waals surface area contributed by atoms with E-state index in [-0.39, 0.29) is 38.1 Å². The SMILES string of the molecule is CCOC(=O)CNC(=O)[C@H]1COCCN1CC(=O)Nc1ccccc1CC. The normalized spacial score (nSPS) is 17.2. The lowest BCUT2D eigenvalue weighted by Crippen LogP contribution is -2.56. The summed E-state index contributed by atoms with van der Waals surface area (Å²) in [6.07, 6.45) is 0.812.